The van der Waals surface area contributed by atoms with E-state index in [9.17, 15) is 0 Å². The fourth-order valence-corrected chi connectivity index (χ4v) is 3.82. The van der Waals surface area contributed by atoms with Crippen molar-refractivity contribution in [3.8, 4) is 5.75 Å². The Labute approximate surface area is 184 Å². The number of morpholine rings is 1. The molecule has 1 heterocycles. The monoisotopic (exact) mass is 430 g/mol. The van der Waals surface area contributed by atoms with Gasteiger partial charge in [-0.05, 0) is 41.8 Å². The minimum absolute atomic E-state index is 0.228. The Morgan fingerprint density at radius 1 is 1.17 bits per heavy atom. The van der Waals surface area contributed by atoms with Crippen molar-refractivity contribution < 1.29 is 9.47 Å². The standard InChI is InChI=1S/C23H31ClN4O2/c1-25-23(26-11-10-18-4-3-5-20(24)16-18)27-17-22(28-12-14-30-15-13-28)19-6-8-21(29-2)9-7-19/h3-9,16,22H,10-15,17H2,1-2H3,(H2,25,26,27). The molecule has 0 saturated carbocycles. The topological polar surface area (TPSA) is 58.1 Å². The minimum atomic E-state index is 0.228. The highest BCUT2D eigenvalue weighted by molar-refractivity contribution is 6.30. The Bertz CT molecular complexity index is 807. The number of ether oxygens (including phenoxy) is 2. The van der Waals surface area contributed by atoms with Crippen LogP contribution in [0.4, 0.5) is 0 Å². The summed E-state index contributed by atoms with van der Waals surface area (Å²) in [5.74, 6) is 1.66. The van der Waals surface area contributed by atoms with Gasteiger partial charge in [0.15, 0.2) is 5.96 Å². The van der Waals surface area contributed by atoms with Gasteiger partial charge in [0.25, 0.3) is 0 Å². The zero-order valence-electron chi connectivity index (χ0n) is 17.7. The zero-order chi connectivity index (χ0) is 21.2. The van der Waals surface area contributed by atoms with Crippen LogP contribution in [0.5, 0.6) is 5.75 Å². The summed E-state index contributed by atoms with van der Waals surface area (Å²) in [6.45, 7) is 4.89. The smallest absolute Gasteiger partial charge is 0.191 e. The average Bonchev–Trinajstić information content (AvgIpc) is 2.79. The number of hydrogen-bond acceptors (Lipinski definition) is 4. The van der Waals surface area contributed by atoms with E-state index in [1.165, 1.54) is 11.1 Å². The summed E-state index contributed by atoms with van der Waals surface area (Å²) in [6, 6.07) is 16.5. The number of halogens is 1. The molecule has 1 aliphatic rings. The summed E-state index contributed by atoms with van der Waals surface area (Å²) >= 11 is 6.07. The van der Waals surface area contributed by atoms with E-state index in [2.05, 4.69) is 38.7 Å². The first kappa shape index (κ1) is 22.4. The fraction of sp³-hybridized carbons (Fsp3) is 0.435. The quantitative estimate of drug-likeness (QED) is 0.497. The third-order valence-electron chi connectivity index (χ3n) is 5.27. The summed E-state index contributed by atoms with van der Waals surface area (Å²) in [5, 5.41) is 7.66. The Morgan fingerprint density at radius 2 is 1.93 bits per heavy atom. The van der Waals surface area contributed by atoms with Crippen LogP contribution in [0.25, 0.3) is 0 Å². The van der Waals surface area contributed by atoms with Crippen LogP contribution in [0.3, 0.4) is 0 Å². The van der Waals surface area contributed by atoms with Gasteiger partial charge in [-0.3, -0.25) is 9.89 Å². The molecule has 3 rings (SSSR count). The van der Waals surface area contributed by atoms with Crippen LogP contribution in [0.15, 0.2) is 53.5 Å². The first-order valence-electron chi connectivity index (χ1n) is 10.3. The molecule has 2 N–H and O–H groups in total. The molecular formula is C23H31ClN4O2. The van der Waals surface area contributed by atoms with E-state index in [1.807, 2.05) is 30.3 Å². The van der Waals surface area contributed by atoms with E-state index in [0.29, 0.717) is 0 Å². The van der Waals surface area contributed by atoms with Crippen molar-refractivity contribution in [3.05, 3.63) is 64.7 Å². The van der Waals surface area contributed by atoms with E-state index in [4.69, 9.17) is 21.1 Å². The van der Waals surface area contributed by atoms with Gasteiger partial charge in [0.1, 0.15) is 5.75 Å². The molecule has 0 aromatic heterocycles. The van der Waals surface area contributed by atoms with Crippen LogP contribution >= 0.6 is 11.6 Å². The molecule has 0 radical (unpaired) electrons. The Morgan fingerprint density at radius 3 is 2.60 bits per heavy atom. The fourth-order valence-electron chi connectivity index (χ4n) is 3.60. The van der Waals surface area contributed by atoms with Gasteiger partial charge in [-0.2, -0.15) is 0 Å². The first-order chi connectivity index (χ1) is 14.7. The lowest BCUT2D eigenvalue weighted by Gasteiger charge is -2.35. The molecule has 30 heavy (non-hydrogen) atoms. The van der Waals surface area contributed by atoms with Crippen molar-refractivity contribution in [2.24, 2.45) is 4.99 Å². The molecule has 2 aromatic rings. The molecule has 7 heteroatoms. The van der Waals surface area contributed by atoms with Gasteiger partial charge < -0.3 is 20.1 Å². The van der Waals surface area contributed by atoms with Crippen LogP contribution < -0.4 is 15.4 Å². The molecule has 1 aliphatic heterocycles. The van der Waals surface area contributed by atoms with Crippen molar-refractivity contribution in [1.82, 2.24) is 15.5 Å². The number of nitrogens with zero attached hydrogens (tertiary/aromatic N) is 2. The summed E-state index contributed by atoms with van der Waals surface area (Å²) in [4.78, 5) is 6.84. The van der Waals surface area contributed by atoms with Gasteiger partial charge in [0.05, 0.1) is 26.4 Å². The second-order valence-corrected chi connectivity index (χ2v) is 7.63. The number of guanidine groups is 1. The lowest BCUT2D eigenvalue weighted by atomic mass is 10.0. The van der Waals surface area contributed by atoms with Crippen molar-refractivity contribution in [1.29, 1.82) is 0 Å². The highest BCUT2D eigenvalue weighted by Gasteiger charge is 2.23. The van der Waals surface area contributed by atoms with Crippen LogP contribution in [-0.4, -0.2) is 64.4 Å². The van der Waals surface area contributed by atoms with Crippen molar-refractivity contribution in [2.75, 3.05) is 53.6 Å². The normalized spacial score (nSPS) is 16.2. The number of rotatable bonds is 8. The van der Waals surface area contributed by atoms with Crippen molar-refractivity contribution >= 4 is 17.6 Å². The van der Waals surface area contributed by atoms with Crippen LogP contribution in [-0.2, 0) is 11.2 Å². The molecule has 2 aromatic carbocycles. The molecule has 6 nitrogen and oxygen atoms in total. The summed E-state index contributed by atoms with van der Waals surface area (Å²) in [6.07, 6.45) is 0.882. The molecule has 1 atom stereocenters. The van der Waals surface area contributed by atoms with Gasteiger partial charge in [-0.1, -0.05) is 35.9 Å². The SMILES string of the molecule is CN=C(NCCc1cccc(Cl)c1)NCC(c1ccc(OC)cc1)N1CCOCC1. The second-order valence-electron chi connectivity index (χ2n) is 7.20. The molecule has 0 aliphatic carbocycles. The van der Waals surface area contributed by atoms with Gasteiger partial charge in [0, 0.05) is 38.2 Å². The maximum atomic E-state index is 6.07. The number of nitrogens with one attached hydrogen (secondary N) is 2. The van der Waals surface area contributed by atoms with Gasteiger partial charge >= 0.3 is 0 Å². The van der Waals surface area contributed by atoms with E-state index >= 15 is 0 Å². The third-order valence-corrected chi connectivity index (χ3v) is 5.50. The Balaban J connectivity index is 1.58. The Kier molecular flexibility index (Phi) is 8.81. The molecule has 0 amide bonds. The lowest BCUT2D eigenvalue weighted by molar-refractivity contribution is 0.0170. The van der Waals surface area contributed by atoms with Crippen molar-refractivity contribution in [2.45, 2.75) is 12.5 Å². The highest BCUT2D eigenvalue weighted by Crippen LogP contribution is 2.23. The minimum Gasteiger partial charge on any atom is -0.497 e. The van der Waals surface area contributed by atoms with E-state index in [1.54, 1.807) is 14.2 Å². The van der Waals surface area contributed by atoms with E-state index < -0.39 is 0 Å². The van der Waals surface area contributed by atoms with Gasteiger partial charge in [-0.15, -0.1) is 0 Å². The Hall–Kier alpha value is -2.28. The molecular weight excluding hydrogens is 400 g/mol. The molecule has 0 spiro atoms. The number of benzene rings is 2. The molecule has 162 valence electrons. The summed E-state index contributed by atoms with van der Waals surface area (Å²) < 4.78 is 10.9. The maximum absolute atomic E-state index is 6.07. The largest absolute Gasteiger partial charge is 0.497 e. The lowest BCUT2D eigenvalue weighted by Crippen LogP contribution is -2.46. The van der Waals surface area contributed by atoms with Gasteiger partial charge in [0.2, 0.25) is 0 Å². The van der Waals surface area contributed by atoms with E-state index in [0.717, 1.165) is 62.5 Å². The van der Waals surface area contributed by atoms with Crippen LogP contribution in [0.2, 0.25) is 5.02 Å². The highest BCUT2D eigenvalue weighted by atomic mass is 35.5. The predicted molar refractivity (Wildman–Crippen MR) is 123 cm³/mol. The van der Waals surface area contributed by atoms with Crippen LogP contribution in [0.1, 0.15) is 17.2 Å². The summed E-state index contributed by atoms with van der Waals surface area (Å²) in [7, 11) is 3.49. The third kappa shape index (κ3) is 6.62. The average molecular weight is 431 g/mol. The molecule has 1 saturated heterocycles. The van der Waals surface area contributed by atoms with Gasteiger partial charge in [-0.25, -0.2) is 0 Å². The van der Waals surface area contributed by atoms with Crippen LogP contribution in [0, 0.1) is 0 Å². The van der Waals surface area contributed by atoms with Crippen molar-refractivity contribution in [3.63, 3.8) is 0 Å². The predicted octanol–water partition coefficient (Wildman–Crippen LogP) is 3.13. The molecule has 0 bridgehead atoms. The first-order valence-corrected chi connectivity index (χ1v) is 10.7. The summed E-state index contributed by atoms with van der Waals surface area (Å²) in [5.41, 5.74) is 2.45. The number of hydrogen-bond donors (Lipinski definition) is 2. The molecule has 1 fully saturated rings. The number of aliphatic imine (C=N–C) groups is 1. The van der Waals surface area contributed by atoms with E-state index in [-0.39, 0.29) is 6.04 Å². The zero-order valence-corrected chi connectivity index (χ0v) is 18.5. The second kappa shape index (κ2) is 11.8. The maximum Gasteiger partial charge on any atom is 0.191 e. The molecule has 1 unspecified atom stereocenters. The number of methoxy groups -OCH3 is 1.